The summed E-state index contributed by atoms with van der Waals surface area (Å²) in [7, 11) is 1.45. The van der Waals surface area contributed by atoms with Gasteiger partial charge in [-0.1, -0.05) is 18.2 Å². The van der Waals surface area contributed by atoms with Crippen LogP contribution in [-0.4, -0.2) is 52.1 Å². The van der Waals surface area contributed by atoms with Crippen molar-refractivity contribution in [1.29, 1.82) is 0 Å². The third kappa shape index (κ3) is 3.10. The van der Waals surface area contributed by atoms with E-state index in [0.717, 1.165) is 5.69 Å². The minimum absolute atomic E-state index is 0.0415. The highest BCUT2D eigenvalue weighted by molar-refractivity contribution is 6.08. The van der Waals surface area contributed by atoms with Crippen molar-refractivity contribution < 1.29 is 19.1 Å². The number of hydrogen-bond acceptors (Lipinski definition) is 5. The molecular formula is C17H18N4O4. The van der Waals surface area contributed by atoms with Crippen molar-refractivity contribution in [1.82, 2.24) is 20.0 Å². The average molecular weight is 342 g/mol. The molecular weight excluding hydrogens is 324 g/mol. The van der Waals surface area contributed by atoms with Crippen LogP contribution in [-0.2, 0) is 9.59 Å². The fourth-order valence-corrected chi connectivity index (χ4v) is 2.80. The molecule has 1 aliphatic rings. The fraction of sp³-hybridized carbons (Fsp3) is 0.294. The van der Waals surface area contributed by atoms with Gasteiger partial charge in [0.05, 0.1) is 25.4 Å². The van der Waals surface area contributed by atoms with E-state index in [1.165, 1.54) is 12.0 Å². The lowest BCUT2D eigenvalue weighted by molar-refractivity contribution is -0.126. The molecule has 1 aromatic carbocycles. The zero-order valence-electron chi connectivity index (χ0n) is 13.9. The van der Waals surface area contributed by atoms with Gasteiger partial charge in [0.1, 0.15) is 6.04 Å². The molecule has 0 radical (unpaired) electrons. The summed E-state index contributed by atoms with van der Waals surface area (Å²) in [6.45, 7) is 2.01. The first-order valence-electron chi connectivity index (χ1n) is 7.89. The van der Waals surface area contributed by atoms with Gasteiger partial charge < -0.3 is 9.64 Å². The number of carbonyl (C=O) groups is 3. The van der Waals surface area contributed by atoms with Crippen LogP contribution in [0.1, 0.15) is 23.8 Å². The predicted octanol–water partition coefficient (Wildman–Crippen LogP) is 0.758. The lowest BCUT2D eigenvalue weighted by Gasteiger charge is -2.24. The van der Waals surface area contributed by atoms with E-state index in [0.29, 0.717) is 5.75 Å². The Balaban J connectivity index is 1.94. The molecule has 130 valence electrons. The maximum Gasteiger partial charge on any atom is 0.278 e. The molecule has 1 fully saturated rings. The maximum atomic E-state index is 12.9. The van der Waals surface area contributed by atoms with Crippen molar-refractivity contribution >= 4 is 17.7 Å². The molecule has 0 bridgehead atoms. The number of methoxy groups -OCH3 is 1. The lowest BCUT2D eigenvalue weighted by Crippen LogP contribution is -2.44. The Morgan fingerprint density at radius 3 is 2.64 bits per heavy atom. The highest BCUT2D eigenvalue weighted by atomic mass is 16.5. The minimum Gasteiger partial charge on any atom is -0.493 e. The zero-order chi connectivity index (χ0) is 18.0. The second kappa shape index (κ2) is 6.76. The van der Waals surface area contributed by atoms with Crippen molar-refractivity contribution in [2.75, 3.05) is 13.7 Å². The van der Waals surface area contributed by atoms with Crippen molar-refractivity contribution in [3.8, 4) is 11.4 Å². The number of nitrogens with zero attached hydrogens (tertiary/aromatic N) is 3. The molecule has 1 atom stereocenters. The van der Waals surface area contributed by atoms with Gasteiger partial charge in [-0.2, -0.15) is 5.10 Å². The van der Waals surface area contributed by atoms with E-state index in [2.05, 4.69) is 10.4 Å². The van der Waals surface area contributed by atoms with Crippen LogP contribution in [0.2, 0.25) is 0 Å². The number of rotatable bonds is 5. The van der Waals surface area contributed by atoms with Gasteiger partial charge >= 0.3 is 0 Å². The first-order chi connectivity index (χ1) is 12.0. The molecule has 1 N–H and O–H groups in total. The number of amides is 3. The second-order valence-electron chi connectivity index (χ2n) is 5.55. The Morgan fingerprint density at radius 2 is 2.08 bits per heavy atom. The van der Waals surface area contributed by atoms with E-state index < -0.39 is 17.9 Å². The number of nitrogens with one attached hydrogen (secondary N) is 1. The average Bonchev–Trinajstić information content (AvgIpc) is 3.19. The van der Waals surface area contributed by atoms with Crippen LogP contribution < -0.4 is 10.1 Å². The summed E-state index contributed by atoms with van der Waals surface area (Å²) in [6.07, 6.45) is 1.57. The van der Waals surface area contributed by atoms with E-state index in [4.69, 9.17) is 4.74 Å². The molecule has 8 heteroatoms. The molecule has 0 aliphatic carbocycles. The molecule has 1 saturated heterocycles. The summed E-state index contributed by atoms with van der Waals surface area (Å²) >= 11 is 0. The van der Waals surface area contributed by atoms with Gasteiger partial charge in [-0.15, -0.1) is 0 Å². The first kappa shape index (κ1) is 16.7. The number of hydrogen-bond donors (Lipinski definition) is 1. The highest BCUT2D eigenvalue weighted by Gasteiger charge is 2.38. The van der Waals surface area contributed by atoms with Gasteiger partial charge in [0, 0.05) is 6.54 Å². The smallest absolute Gasteiger partial charge is 0.278 e. The van der Waals surface area contributed by atoms with Crippen LogP contribution >= 0.6 is 0 Å². The number of likely N-dealkylation sites (N-methyl/N-ethyl adjacent to an activating group) is 1. The summed E-state index contributed by atoms with van der Waals surface area (Å²) in [5.41, 5.74) is 0.872. The van der Waals surface area contributed by atoms with Gasteiger partial charge in [-0.3, -0.25) is 19.7 Å². The monoisotopic (exact) mass is 342 g/mol. The molecule has 0 unspecified atom stereocenters. The number of carbonyl (C=O) groups excluding carboxylic acids is 3. The Labute approximate surface area is 144 Å². The standard InChI is InChI=1S/C17H18N4O4/c1-3-20(12-9-14(22)18-16(12)23)17(24)15-13(25-2)10-21(19-15)11-7-5-4-6-8-11/h4-8,10,12H,3,9H2,1-2H3,(H,18,22,23)/t12-/m0/s1. The van der Waals surface area contributed by atoms with Crippen molar-refractivity contribution in [3.63, 3.8) is 0 Å². The van der Waals surface area contributed by atoms with Gasteiger partial charge in [0.25, 0.3) is 5.91 Å². The quantitative estimate of drug-likeness (QED) is 0.810. The molecule has 0 spiro atoms. The summed E-state index contributed by atoms with van der Waals surface area (Å²) in [4.78, 5) is 37.6. The first-order valence-corrected chi connectivity index (χ1v) is 7.89. The van der Waals surface area contributed by atoms with E-state index >= 15 is 0 Å². The minimum atomic E-state index is -0.823. The van der Waals surface area contributed by atoms with Crippen LogP contribution in [0.5, 0.6) is 5.75 Å². The van der Waals surface area contributed by atoms with Crippen LogP contribution in [0.25, 0.3) is 5.69 Å². The number of aromatic nitrogens is 2. The molecule has 3 rings (SSSR count). The Kier molecular flexibility index (Phi) is 4.51. The van der Waals surface area contributed by atoms with Gasteiger partial charge in [0.15, 0.2) is 11.4 Å². The predicted molar refractivity (Wildman–Crippen MR) is 88.4 cm³/mol. The SMILES string of the molecule is CCN(C(=O)c1nn(-c2ccccc2)cc1OC)[C@H]1CC(=O)NC1=O. The molecule has 0 saturated carbocycles. The number of benzene rings is 1. The Morgan fingerprint density at radius 1 is 1.36 bits per heavy atom. The van der Waals surface area contributed by atoms with Gasteiger partial charge in [-0.05, 0) is 19.1 Å². The van der Waals surface area contributed by atoms with E-state index in [9.17, 15) is 14.4 Å². The fourth-order valence-electron chi connectivity index (χ4n) is 2.80. The normalized spacial score (nSPS) is 16.6. The van der Waals surface area contributed by atoms with Crippen molar-refractivity contribution in [3.05, 3.63) is 42.2 Å². The van der Waals surface area contributed by atoms with E-state index in [1.54, 1.807) is 17.8 Å². The van der Waals surface area contributed by atoms with Crippen LogP contribution in [0.15, 0.2) is 36.5 Å². The van der Waals surface area contributed by atoms with E-state index in [1.807, 2.05) is 30.3 Å². The Bertz CT molecular complexity index is 815. The maximum absolute atomic E-state index is 12.9. The summed E-state index contributed by atoms with van der Waals surface area (Å²) < 4.78 is 6.82. The summed E-state index contributed by atoms with van der Waals surface area (Å²) in [5.74, 6) is -1.01. The molecule has 3 amide bonds. The molecule has 25 heavy (non-hydrogen) atoms. The number of imide groups is 1. The zero-order valence-corrected chi connectivity index (χ0v) is 13.9. The van der Waals surface area contributed by atoms with Crippen molar-refractivity contribution in [2.24, 2.45) is 0 Å². The third-order valence-electron chi connectivity index (χ3n) is 4.05. The van der Waals surface area contributed by atoms with Crippen LogP contribution in [0, 0.1) is 0 Å². The summed E-state index contributed by atoms with van der Waals surface area (Å²) in [6, 6.07) is 8.47. The van der Waals surface area contributed by atoms with Crippen LogP contribution in [0.3, 0.4) is 0 Å². The lowest BCUT2D eigenvalue weighted by atomic mass is 10.2. The number of ether oxygens (including phenoxy) is 1. The number of para-hydroxylation sites is 1. The third-order valence-corrected chi connectivity index (χ3v) is 4.05. The largest absolute Gasteiger partial charge is 0.493 e. The topological polar surface area (TPSA) is 93.5 Å². The summed E-state index contributed by atoms with van der Waals surface area (Å²) in [5, 5.41) is 6.54. The highest BCUT2D eigenvalue weighted by Crippen LogP contribution is 2.23. The molecule has 8 nitrogen and oxygen atoms in total. The van der Waals surface area contributed by atoms with Gasteiger partial charge in [-0.25, -0.2) is 4.68 Å². The molecule has 2 heterocycles. The molecule has 1 aliphatic heterocycles. The van der Waals surface area contributed by atoms with Crippen molar-refractivity contribution in [2.45, 2.75) is 19.4 Å². The molecule has 1 aromatic heterocycles. The molecule has 2 aromatic rings. The van der Waals surface area contributed by atoms with E-state index in [-0.39, 0.29) is 24.6 Å². The second-order valence-corrected chi connectivity index (χ2v) is 5.55. The van der Waals surface area contributed by atoms with Crippen LogP contribution in [0.4, 0.5) is 0 Å². The van der Waals surface area contributed by atoms with Gasteiger partial charge in [0.2, 0.25) is 11.8 Å². The Hall–Kier alpha value is -3.16.